The van der Waals surface area contributed by atoms with Crippen LogP contribution in [0.3, 0.4) is 0 Å². The average molecular weight is 216 g/mol. The number of fused-ring (bicyclic) bond motifs is 1. The molecule has 84 valence electrons. The van der Waals surface area contributed by atoms with E-state index >= 15 is 0 Å². The summed E-state index contributed by atoms with van der Waals surface area (Å²) in [4.78, 5) is 0. The van der Waals surface area contributed by atoms with Crippen LogP contribution in [0.5, 0.6) is 5.75 Å². The average Bonchev–Trinajstić information content (AvgIpc) is 2.75. The monoisotopic (exact) mass is 216 g/mol. The minimum absolute atomic E-state index is 0.256. The van der Waals surface area contributed by atoms with Crippen LogP contribution in [0.2, 0.25) is 0 Å². The largest absolute Gasteiger partial charge is 0.493 e. The van der Waals surface area contributed by atoms with Crippen molar-refractivity contribution in [3.63, 3.8) is 0 Å². The van der Waals surface area contributed by atoms with E-state index in [1.54, 1.807) is 0 Å². The molecule has 16 heavy (non-hydrogen) atoms. The number of ether oxygens (including phenoxy) is 1. The van der Waals surface area contributed by atoms with E-state index in [0.29, 0.717) is 0 Å². The van der Waals surface area contributed by atoms with Crippen molar-refractivity contribution in [2.45, 2.75) is 31.8 Å². The predicted molar refractivity (Wildman–Crippen MR) is 63.5 cm³/mol. The van der Waals surface area contributed by atoms with Gasteiger partial charge in [-0.15, -0.1) is 0 Å². The van der Waals surface area contributed by atoms with Crippen molar-refractivity contribution in [1.82, 2.24) is 0 Å². The molecule has 1 aliphatic heterocycles. The van der Waals surface area contributed by atoms with Gasteiger partial charge in [0.25, 0.3) is 0 Å². The van der Waals surface area contributed by atoms with Gasteiger partial charge in [0.2, 0.25) is 0 Å². The standard InChI is InChI=1S/C14H16O2/c15-13-3-1-2-10(9-13)11-4-5-14-12(8-11)6-7-16-14/h4-5,8-9,13,15H,1-3,6-7H2. The van der Waals surface area contributed by atoms with E-state index in [4.69, 9.17) is 4.74 Å². The minimum Gasteiger partial charge on any atom is -0.493 e. The Bertz CT molecular complexity index is 434. The Morgan fingerprint density at radius 2 is 2.19 bits per heavy atom. The van der Waals surface area contributed by atoms with Crippen LogP contribution in [0.4, 0.5) is 0 Å². The Morgan fingerprint density at radius 3 is 3.06 bits per heavy atom. The normalized spacial score (nSPS) is 23.6. The number of aliphatic hydroxyl groups is 1. The first kappa shape index (κ1) is 9.91. The van der Waals surface area contributed by atoms with Crippen LogP contribution < -0.4 is 4.74 Å². The number of hydrogen-bond acceptors (Lipinski definition) is 2. The van der Waals surface area contributed by atoms with Crippen molar-refractivity contribution in [3.8, 4) is 5.75 Å². The van der Waals surface area contributed by atoms with E-state index in [-0.39, 0.29) is 6.10 Å². The zero-order valence-electron chi connectivity index (χ0n) is 9.28. The fourth-order valence-electron chi connectivity index (χ4n) is 2.53. The topological polar surface area (TPSA) is 29.5 Å². The number of hydrogen-bond donors (Lipinski definition) is 1. The summed E-state index contributed by atoms with van der Waals surface area (Å²) in [6.07, 6.45) is 5.82. The van der Waals surface area contributed by atoms with Crippen LogP contribution >= 0.6 is 0 Å². The molecule has 1 aromatic carbocycles. The Kier molecular flexibility index (Phi) is 2.44. The minimum atomic E-state index is -0.256. The van der Waals surface area contributed by atoms with Crippen molar-refractivity contribution in [1.29, 1.82) is 0 Å². The lowest BCUT2D eigenvalue weighted by Gasteiger charge is -2.17. The van der Waals surface area contributed by atoms with Gasteiger partial charge in [-0.25, -0.2) is 0 Å². The van der Waals surface area contributed by atoms with E-state index < -0.39 is 0 Å². The van der Waals surface area contributed by atoms with E-state index in [1.807, 2.05) is 6.08 Å². The first-order valence-electron chi connectivity index (χ1n) is 5.98. The third-order valence-corrected chi connectivity index (χ3v) is 3.40. The Hall–Kier alpha value is -1.28. The van der Waals surface area contributed by atoms with Crippen molar-refractivity contribution in [2.24, 2.45) is 0 Å². The highest BCUT2D eigenvalue weighted by Crippen LogP contribution is 2.32. The van der Waals surface area contributed by atoms with Gasteiger partial charge < -0.3 is 9.84 Å². The molecule has 1 heterocycles. The summed E-state index contributed by atoms with van der Waals surface area (Å²) in [6.45, 7) is 0.806. The molecule has 0 bridgehead atoms. The molecule has 1 atom stereocenters. The lowest BCUT2D eigenvalue weighted by Crippen LogP contribution is -2.08. The Labute approximate surface area is 95.6 Å². The van der Waals surface area contributed by atoms with E-state index in [0.717, 1.165) is 38.0 Å². The molecule has 0 radical (unpaired) electrons. The summed E-state index contributed by atoms with van der Waals surface area (Å²) in [7, 11) is 0. The summed E-state index contributed by atoms with van der Waals surface area (Å²) < 4.78 is 5.49. The fourth-order valence-corrected chi connectivity index (χ4v) is 2.53. The maximum Gasteiger partial charge on any atom is 0.122 e. The van der Waals surface area contributed by atoms with Crippen molar-refractivity contribution in [2.75, 3.05) is 6.61 Å². The SMILES string of the molecule is OC1C=C(c2ccc3c(c2)CCO3)CCC1. The molecule has 2 aliphatic rings. The molecule has 0 saturated carbocycles. The summed E-state index contributed by atoms with van der Waals surface area (Å²) in [6, 6.07) is 6.37. The van der Waals surface area contributed by atoms with E-state index in [1.165, 1.54) is 16.7 Å². The van der Waals surface area contributed by atoms with Crippen LogP contribution in [-0.4, -0.2) is 17.8 Å². The first-order chi connectivity index (χ1) is 7.83. The molecule has 0 spiro atoms. The summed E-state index contributed by atoms with van der Waals surface area (Å²) >= 11 is 0. The maximum atomic E-state index is 9.63. The molecule has 1 aliphatic carbocycles. The molecule has 0 fully saturated rings. The first-order valence-corrected chi connectivity index (χ1v) is 5.98. The Balaban J connectivity index is 1.95. The van der Waals surface area contributed by atoms with Crippen LogP contribution in [0, 0.1) is 0 Å². The molecule has 1 N–H and O–H groups in total. The lowest BCUT2D eigenvalue weighted by molar-refractivity contribution is 0.206. The van der Waals surface area contributed by atoms with Gasteiger partial charge in [0, 0.05) is 6.42 Å². The maximum absolute atomic E-state index is 9.63. The molecule has 1 aromatic rings. The summed E-state index contributed by atoms with van der Waals surface area (Å²) in [5.74, 6) is 1.03. The van der Waals surface area contributed by atoms with Gasteiger partial charge in [-0.3, -0.25) is 0 Å². The van der Waals surface area contributed by atoms with E-state index in [9.17, 15) is 5.11 Å². The third-order valence-electron chi connectivity index (χ3n) is 3.40. The van der Waals surface area contributed by atoms with Crippen molar-refractivity contribution < 1.29 is 9.84 Å². The molecule has 0 saturated heterocycles. The molecular weight excluding hydrogens is 200 g/mol. The second-order valence-corrected chi connectivity index (χ2v) is 4.57. The molecule has 3 rings (SSSR count). The van der Waals surface area contributed by atoms with Gasteiger partial charge >= 0.3 is 0 Å². The molecule has 0 amide bonds. The second-order valence-electron chi connectivity index (χ2n) is 4.57. The molecule has 2 heteroatoms. The quantitative estimate of drug-likeness (QED) is 0.781. The highest BCUT2D eigenvalue weighted by atomic mass is 16.5. The fraction of sp³-hybridized carbons (Fsp3) is 0.429. The number of rotatable bonds is 1. The van der Waals surface area contributed by atoms with Crippen molar-refractivity contribution in [3.05, 3.63) is 35.4 Å². The number of allylic oxidation sites excluding steroid dienone is 1. The summed E-state index contributed by atoms with van der Waals surface area (Å²) in [5.41, 5.74) is 3.84. The highest BCUT2D eigenvalue weighted by molar-refractivity contribution is 5.68. The third kappa shape index (κ3) is 1.74. The van der Waals surface area contributed by atoms with Crippen LogP contribution in [0.25, 0.3) is 5.57 Å². The van der Waals surface area contributed by atoms with Gasteiger partial charge in [0.1, 0.15) is 5.75 Å². The van der Waals surface area contributed by atoms with E-state index in [2.05, 4.69) is 18.2 Å². The van der Waals surface area contributed by atoms with Gasteiger partial charge in [0.05, 0.1) is 12.7 Å². The zero-order valence-corrected chi connectivity index (χ0v) is 9.28. The summed E-state index contributed by atoms with van der Waals surface area (Å²) in [5, 5.41) is 9.63. The smallest absolute Gasteiger partial charge is 0.122 e. The molecular formula is C14H16O2. The second kappa shape index (κ2) is 3.95. The molecule has 2 nitrogen and oxygen atoms in total. The van der Waals surface area contributed by atoms with Crippen LogP contribution in [-0.2, 0) is 6.42 Å². The molecule has 0 aromatic heterocycles. The zero-order chi connectivity index (χ0) is 11.0. The van der Waals surface area contributed by atoms with Crippen LogP contribution in [0.15, 0.2) is 24.3 Å². The van der Waals surface area contributed by atoms with Crippen LogP contribution in [0.1, 0.15) is 30.4 Å². The highest BCUT2D eigenvalue weighted by Gasteiger charge is 2.16. The Morgan fingerprint density at radius 1 is 1.25 bits per heavy atom. The number of aliphatic hydroxyl groups excluding tert-OH is 1. The molecule has 1 unspecified atom stereocenters. The van der Waals surface area contributed by atoms with Gasteiger partial charge in [-0.2, -0.15) is 0 Å². The lowest BCUT2D eigenvalue weighted by atomic mass is 9.91. The number of benzene rings is 1. The van der Waals surface area contributed by atoms with Gasteiger partial charge in [-0.05, 0) is 48.1 Å². The predicted octanol–water partition coefficient (Wildman–Crippen LogP) is 2.55. The van der Waals surface area contributed by atoms with Crippen molar-refractivity contribution >= 4 is 5.57 Å². The van der Waals surface area contributed by atoms with Gasteiger partial charge in [0.15, 0.2) is 0 Å². The van der Waals surface area contributed by atoms with Gasteiger partial charge in [-0.1, -0.05) is 12.1 Å².